The van der Waals surface area contributed by atoms with Crippen molar-refractivity contribution in [2.24, 2.45) is 5.73 Å². The smallest absolute Gasteiger partial charge is 0.229 e. The summed E-state index contributed by atoms with van der Waals surface area (Å²) in [5.41, 5.74) is 9.03. The number of ether oxygens (including phenoxy) is 1. The van der Waals surface area contributed by atoms with Crippen molar-refractivity contribution in [3.63, 3.8) is 0 Å². The van der Waals surface area contributed by atoms with Gasteiger partial charge in [-0.1, -0.05) is 34.1 Å². The summed E-state index contributed by atoms with van der Waals surface area (Å²) in [6.45, 7) is 1.84. The minimum atomic E-state index is -0.611. The Balaban J connectivity index is 2.02. The Morgan fingerprint density at radius 1 is 1.25 bits per heavy atom. The monoisotopic (exact) mass is 500 g/mol. The molecule has 4 rings (SSSR count). The fourth-order valence-corrected chi connectivity index (χ4v) is 4.63. The van der Waals surface area contributed by atoms with Crippen LogP contribution >= 0.6 is 31.9 Å². The number of hydrogen-bond donors (Lipinski definition) is 2. The second-order valence-corrected chi connectivity index (χ2v) is 8.07. The van der Waals surface area contributed by atoms with Crippen molar-refractivity contribution >= 4 is 31.9 Å². The molecule has 1 aromatic heterocycles. The Morgan fingerprint density at radius 3 is 2.64 bits per heavy atom. The number of aromatic nitrogens is 2. The van der Waals surface area contributed by atoms with E-state index in [9.17, 15) is 10.4 Å². The number of phenolic OH excluding ortho intramolecular Hbond substituents is 1. The summed E-state index contributed by atoms with van der Waals surface area (Å²) in [7, 11) is 0. The third-order valence-corrected chi connectivity index (χ3v) is 5.66. The van der Waals surface area contributed by atoms with Gasteiger partial charge in [-0.05, 0) is 47.1 Å². The number of benzene rings is 2. The normalized spacial score (nSPS) is 15.7. The molecule has 0 unspecified atom stereocenters. The molecule has 2 aromatic carbocycles. The van der Waals surface area contributed by atoms with Crippen LogP contribution in [0.25, 0.3) is 5.69 Å². The largest absolute Gasteiger partial charge is 0.506 e. The molecule has 0 saturated heterocycles. The number of nitriles is 1. The van der Waals surface area contributed by atoms with Crippen LogP contribution in [-0.4, -0.2) is 14.9 Å². The number of allylic oxidation sites excluding steroid dienone is 1. The van der Waals surface area contributed by atoms with Gasteiger partial charge >= 0.3 is 0 Å². The molecule has 1 aliphatic heterocycles. The quantitative estimate of drug-likeness (QED) is 0.533. The number of aryl methyl sites for hydroxylation is 1. The lowest BCUT2D eigenvalue weighted by atomic mass is 9.83. The lowest BCUT2D eigenvalue weighted by Crippen LogP contribution is -2.22. The van der Waals surface area contributed by atoms with Crippen LogP contribution < -0.4 is 10.5 Å². The number of nitrogens with zero attached hydrogens (tertiary/aromatic N) is 3. The van der Waals surface area contributed by atoms with Crippen molar-refractivity contribution in [1.82, 2.24) is 9.78 Å². The number of aromatic hydroxyl groups is 1. The third-order valence-electron chi connectivity index (χ3n) is 4.60. The Bertz CT molecular complexity index is 1160. The molecule has 3 aromatic rings. The average Bonchev–Trinajstić information content (AvgIpc) is 3.00. The molecule has 0 fully saturated rings. The summed E-state index contributed by atoms with van der Waals surface area (Å²) in [5, 5.41) is 25.1. The summed E-state index contributed by atoms with van der Waals surface area (Å²) in [4.78, 5) is 0. The molecule has 140 valence electrons. The predicted molar refractivity (Wildman–Crippen MR) is 111 cm³/mol. The Hall–Kier alpha value is -2.76. The molecule has 0 saturated carbocycles. The van der Waals surface area contributed by atoms with Crippen molar-refractivity contribution in [1.29, 1.82) is 5.26 Å². The predicted octanol–water partition coefficient (Wildman–Crippen LogP) is 4.63. The molecule has 0 bridgehead atoms. The van der Waals surface area contributed by atoms with E-state index in [1.165, 1.54) is 0 Å². The second-order valence-electron chi connectivity index (χ2n) is 6.30. The molecular formula is C20H14Br2N4O2. The van der Waals surface area contributed by atoms with Gasteiger partial charge in [0.2, 0.25) is 11.8 Å². The van der Waals surface area contributed by atoms with Gasteiger partial charge in [0.1, 0.15) is 17.4 Å². The molecule has 3 N–H and O–H groups in total. The Kier molecular flexibility index (Phi) is 4.65. The zero-order chi connectivity index (χ0) is 20.0. The minimum absolute atomic E-state index is 0.00687. The number of para-hydroxylation sites is 1. The van der Waals surface area contributed by atoms with Gasteiger partial charge in [0, 0.05) is 10.0 Å². The van der Waals surface area contributed by atoms with Crippen LogP contribution in [0.4, 0.5) is 0 Å². The van der Waals surface area contributed by atoms with Gasteiger partial charge in [0.25, 0.3) is 0 Å². The van der Waals surface area contributed by atoms with Crippen LogP contribution in [0.1, 0.15) is 22.7 Å². The van der Waals surface area contributed by atoms with E-state index in [0.29, 0.717) is 27.2 Å². The van der Waals surface area contributed by atoms with Crippen LogP contribution in [0, 0.1) is 18.3 Å². The van der Waals surface area contributed by atoms with E-state index in [1.54, 1.807) is 16.8 Å². The molecule has 8 heteroatoms. The molecular weight excluding hydrogens is 488 g/mol. The molecule has 0 amide bonds. The molecule has 0 radical (unpaired) electrons. The maximum absolute atomic E-state index is 10.7. The van der Waals surface area contributed by atoms with Crippen molar-refractivity contribution < 1.29 is 9.84 Å². The van der Waals surface area contributed by atoms with Crippen molar-refractivity contribution in [3.05, 3.63) is 79.7 Å². The van der Waals surface area contributed by atoms with Crippen LogP contribution in [-0.2, 0) is 0 Å². The van der Waals surface area contributed by atoms with E-state index in [-0.39, 0.29) is 17.2 Å². The SMILES string of the molecule is Cc1nn(-c2ccccc2)c2c1[C@@H](c1cc(Br)cc(Br)c1O)C(C#N)=C(N)O2. The molecule has 1 aliphatic rings. The lowest BCUT2D eigenvalue weighted by molar-refractivity contribution is 0.365. The minimum Gasteiger partial charge on any atom is -0.506 e. The molecule has 6 nitrogen and oxygen atoms in total. The highest BCUT2D eigenvalue weighted by Crippen LogP contribution is 2.48. The van der Waals surface area contributed by atoms with E-state index in [0.717, 1.165) is 10.2 Å². The highest BCUT2D eigenvalue weighted by Gasteiger charge is 2.37. The van der Waals surface area contributed by atoms with Crippen molar-refractivity contribution in [2.45, 2.75) is 12.8 Å². The van der Waals surface area contributed by atoms with Crippen LogP contribution in [0.3, 0.4) is 0 Å². The number of hydrogen-bond acceptors (Lipinski definition) is 5. The van der Waals surface area contributed by atoms with Crippen molar-refractivity contribution in [2.75, 3.05) is 0 Å². The fraction of sp³-hybridized carbons (Fsp3) is 0.100. The highest BCUT2D eigenvalue weighted by molar-refractivity contribution is 9.11. The Labute approximate surface area is 178 Å². The van der Waals surface area contributed by atoms with Crippen LogP contribution in [0.5, 0.6) is 11.6 Å². The summed E-state index contributed by atoms with van der Waals surface area (Å²) in [5.74, 6) is -0.151. The standard InChI is InChI=1S/C20H14Br2N4O2/c1-10-16-17(13-7-11(21)8-15(22)18(13)27)14(9-23)19(24)28-20(16)26(25-10)12-5-3-2-4-6-12/h2-8,17,27H,24H2,1H3/t17-/m0/s1. The third kappa shape index (κ3) is 2.87. The zero-order valence-corrected chi connectivity index (χ0v) is 17.8. The first-order chi connectivity index (χ1) is 13.4. The molecule has 0 spiro atoms. The van der Waals surface area contributed by atoms with Gasteiger partial charge in [-0.15, -0.1) is 0 Å². The maximum atomic E-state index is 10.7. The van der Waals surface area contributed by atoms with Gasteiger partial charge in [0.15, 0.2) is 0 Å². The number of fused-ring (bicyclic) bond motifs is 1. The van der Waals surface area contributed by atoms with Crippen LogP contribution in [0.2, 0.25) is 0 Å². The van der Waals surface area contributed by atoms with Crippen molar-refractivity contribution in [3.8, 4) is 23.4 Å². The van der Waals surface area contributed by atoms with Gasteiger partial charge in [0.05, 0.1) is 27.3 Å². The first-order valence-electron chi connectivity index (χ1n) is 8.32. The molecule has 28 heavy (non-hydrogen) atoms. The summed E-state index contributed by atoms with van der Waals surface area (Å²) in [6.07, 6.45) is 0. The molecule has 2 heterocycles. The highest BCUT2D eigenvalue weighted by atomic mass is 79.9. The number of phenols is 1. The van der Waals surface area contributed by atoms with E-state index in [4.69, 9.17) is 10.5 Å². The summed E-state index contributed by atoms with van der Waals surface area (Å²) in [6, 6.07) is 15.1. The zero-order valence-electron chi connectivity index (χ0n) is 14.6. The summed E-state index contributed by atoms with van der Waals surface area (Å²) >= 11 is 6.81. The fourth-order valence-electron chi connectivity index (χ4n) is 3.38. The molecule has 0 aliphatic carbocycles. The van der Waals surface area contributed by atoms with E-state index < -0.39 is 5.92 Å². The first-order valence-corrected chi connectivity index (χ1v) is 9.91. The van der Waals surface area contributed by atoms with Gasteiger partial charge in [-0.25, -0.2) is 4.68 Å². The van der Waals surface area contributed by atoms with E-state index in [2.05, 4.69) is 43.0 Å². The lowest BCUT2D eigenvalue weighted by Gasteiger charge is -2.25. The number of nitrogens with two attached hydrogens (primary N) is 1. The first kappa shape index (κ1) is 18.6. The average molecular weight is 502 g/mol. The number of halogens is 2. The van der Waals surface area contributed by atoms with Gasteiger partial charge in [-0.3, -0.25) is 0 Å². The van der Waals surface area contributed by atoms with E-state index >= 15 is 0 Å². The van der Waals surface area contributed by atoms with E-state index in [1.807, 2.05) is 37.3 Å². The topological polar surface area (TPSA) is 97.1 Å². The summed E-state index contributed by atoms with van der Waals surface area (Å²) < 4.78 is 8.74. The Morgan fingerprint density at radius 2 is 1.96 bits per heavy atom. The maximum Gasteiger partial charge on any atom is 0.229 e. The molecule has 1 atom stereocenters. The second kappa shape index (κ2) is 7.00. The van der Waals surface area contributed by atoms with Gasteiger partial charge < -0.3 is 15.6 Å². The van der Waals surface area contributed by atoms with Crippen LogP contribution in [0.15, 0.2) is 62.9 Å². The van der Waals surface area contributed by atoms with Gasteiger partial charge in [-0.2, -0.15) is 10.4 Å². The number of rotatable bonds is 2.